The second-order valence-electron chi connectivity index (χ2n) is 7.15. The van der Waals surface area contributed by atoms with Crippen LogP contribution < -0.4 is 10.6 Å². The van der Waals surface area contributed by atoms with Crippen molar-refractivity contribution in [2.45, 2.75) is 88.6 Å². The lowest BCUT2D eigenvalue weighted by molar-refractivity contribution is 0.0938. The highest BCUT2D eigenvalue weighted by molar-refractivity contribution is 5.09. The standard InChI is InChI=1S/C16H29N3/c1-2-19-14-10-6-3-7-11(14)15-16(19)18-13-9-5-4-8-12(13)17-15/h11-18H,2-10H2,1H3. The number of likely N-dealkylation sites (tertiary alicyclic amines) is 1. The number of hydrogen-bond acceptors (Lipinski definition) is 3. The Bertz CT molecular complexity index is 310. The third-order valence-electron chi connectivity index (χ3n) is 6.29. The van der Waals surface area contributed by atoms with Crippen LogP contribution in [-0.2, 0) is 0 Å². The van der Waals surface area contributed by atoms with Gasteiger partial charge in [0.2, 0.25) is 0 Å². The molecular formula is C16H29N3. The van der Waals surface area contributed by atoms with Gasteiger partial charge in [-0.2, -0.15) is 0 Å². The Morgan fingerprint density at radius 3 is 2.37 bits per heavy atom. The normalized spacial score (nSPS) is 50.4. The van der Waals surface area contributed by atoms with Crippen LogP contribution in [0.1, 0.15) is 58.3 Å². The molecule has 3 heteroatoms. The zero-order valence-electron chi connectivity index (χ0n) is 12.3. The highest BCUT2D eigenvalue weighted by Gasteiger charge is 2.52. The summed E-state index contributed by atoms with van der Waals surface area (Å²) in [5, 5.41) is 8.11. The summed E-state index contributed by atoms with van der Waals surface area (Å²) in [6.07, 6.45) is 12.0. The molecule has 0 spiro atoms. The van der Waals surface area contributed by atoms with E-state index in [9.17, 15) is 0 Å². The van der Waals surface area contributed by atoms with Gasteiger partial charge in [0, 0.05) is 24.2 Å². The van der Waals surface area contributed by atoms with Crippen LogP contribution in [0.4, 0.5) is 0 Å². The van der Waals surface area contributed by atoms with Crippen LogP contribution in [0, 0.1) is 5.92 Å². The predicted octanol–water partition coefficient (Wildman–Crippen LogP) is 2.08. The molecule has 0 aromatic carbocycles. The maximum atomic E-state index is 4.08. The summed E-state index contributed by atoms with van der Waals surface area (Å²) < 4.78 is 0. The molecule has 0 bridgehead atoms. The smallest absolute Gasteiger partial charge is 0.0763 e. The first-order chi connectivity index (χ1) is 9.38. The van der Waals surface area contributed by atoms with Crippen LogP contribution in [0.3, 0.4) is 0 Å². The van der Waals surface area contributed by atoms with Crippen LogP contribution >= 0.6 is 0 Å². The highest BCUT2D eigenvalue weighted by Crippen LogP contribution is 2.41. The van der Waals surface area contributed by atoms with Gasteiger partial charge in [0.25, 0.3) is 0 Å². The van der Waals surface area contributed by atoms with E-state index in [1.165, 1.54) is 57.9 Å². The Balaban J connectivity index is 1.58. The minimum Gasteiger partial charge on any atom is -0.307 e. The third-order valence-corrected chi connectivity index (χ3v) is 6.29. The van der Waals surface area contributed by atoms with E-state index in [4.69, 9.17) is 0 Å². The number of piperazine rings is 1. The van der Waals surface area contributed by atoms with Crippen LogP contribution in [0.25, 0.3) is 0 Å². The fraction of sp³-hybridized carbons (Fsp3) is 1.00. The van der Waals surface area contributed by atoms with Crippen LogP contribution in [0.2, 0.25) is 0 Å². The number of nitrogens with one attached hydrogen (secondary N) is 2. The summed E-state index contributed by atoms with van der Waals surface area (Å²) in [6.45, 7) is 3.57. The average molecular weight is 263 g/mol. The number of fused-ring (bicyclic) bond motifs is 4. The minimum absolute atomic E-state index is 0.623. The van der Waals surface area contributed by atoms with Gasteiger partial charge in [0.1, 0.15) is 0 Å². The molecule has 6 unspecified atom stereocenters. The number of likely N-dealkylation sites (N-methyl/N-ethyl adjacent to an activating group) is 1. The van der Waals surface area contributed by atoms with E-state index in [0.717, 1.165) is 30.1 Å². The molecule has 0 radical (unpaired) electrons. The monoisotopic (exact) mass is 263 g/mol. The largest absolute Gasteiger partial charge is 0.307 e. The summed E-state index contributed by atoms with van der Waals surface area (Å²) in [5.41, 5.74) is 0. The molecule has 2 saturated heterocycles. The highest BCUT2D eigenvalue weighted by atomic mass is 15.4. The van der Waals surface area contributed by atoms with E-state index >= 15 is 0 Å². The summed E-state index contributed by atoms with van der Waals surface area (Å²) in [4.78, 5) is 2.78. The molecule has 2 heterocycles. The lowest BCUT2D eigenvalue weighted by Crippen LogP contribution is -2.68. The first-order valence-corrected chi connectivity index (χ1v) is 8.66. The Kier molecular flexibility index (Phi) is 3.33. The van der Waals surface area contributed by atoms with Gasteiger partial charge in [0.05, 0.1) is 6.17 Å². The van der Waals surface area contributed by atoms with Crippen molar-refractivity contribution in [1.29, 1.82) is 0 Å². The van der Waals surface area contributed by atoms with Crippen molar-refractivity contribution in [2.75, 3.05) is 6.54 Å². The molecule has 0 aromatic heterocycles. The van der Waals surface area contributed by atoms with E-state index in [0.29, 0.717) is 6.17 Å². The second kappa shape index (κ2) is 5.01. The predicted molar refractivity (Wildman–Crippen MR) is 78.0 cm³/mol. The minimum atomic E-state index is 0.623. The number of rotatable bonds is 1. The van der Waals surface area contributed by atoms with E-state index in [2.05, 4.69) is 22.5 Å². The van der Waals surface area contributed by atoms with Gasteiger partial charge in [-0.05, 0) is 38.1 Å². The fourth-order valence-corrected chi connectivity index (χ4v) is 5.46. The number of hydrogen-bond donors (Lipinski definition) is 2. The number of nitrogens with zero attached hydrogens (tertiary/aromatic N) is 1. The molecule has 19 heavy (non-hydrogen) atoms. The van der Waals surface area contributed by atoms with Gasteiger partial charge in [-0.25, -0.2) is 0 Å². The summed E-state index contributed by atoms with van der Waals surface area (Å²) in [6, 6.07) is 3.08. The first-order valence-electron chi connectivity index (χ1n) is 8.66. The average Bonchev–Trinajstić information content (AvgIpc) is 2.78. The molecule has 3 nitrogen and oxygen atoms in total. The molecular weight excluding hydrogens is 234 g/mol. The molecule has 2 N–H and O–H groups in total. The van der Waals surface area contributed by atoms with Crippen LogP contribution in [0.15, 0.2) is 0 Å². The van der Waals surface area contributed by atoms with Crippen molar-refractivity contribution in [3.8, 4) is 0 Å². The second-order valence-corrected chi connectivity index (χ2v) is 7.15. The van der Waals surface area contributed by atoms with Crippen molar-refractivity contribution in [2.24, 2.45) is 5.92 Å². The molecule has 4 fully saturated rings. The van der Waals surface area contributed by atoms with E-state index in [-0.39, 0.29) is 0 Å². The summed E-state index contributed by atoms with van der Waals surface area (Å²) in [7, 11) is 0. The van der Waals surface area contributed by atoms with E-state index in [1.54, 1.807) is 0 Å². The zero-order valence-corrected chi connectivity index (χ0v) is 12.3. The Morgan fingerprint density at radius 1 is 0.895 bits per heavy atom. The first kappa shape index (κ1) is 12.6. The van der Waals surface area contributed by atoms with Gasteiger partial charge < -0.3 is 5.32 Å². The van der Waals surface area contributed by atoms with Crippen molar-refractivity contribution < 1.29 is 0 Å². The van der Waals surface area contributed by atoms with Gasteiger partial charge >= 0.3 is 0 Å². The maximum Gasteiger partial charge on any atom is 0.0763 e. The van der Waals surface area contributed by atoms with Crippen molar-refractivity contribution in [3.63, 3.8) is 0 Å². The molecule has 2 saturated carbocycles. The van der Waals surface area contributed by atoms with Gasteiger partial charge in [0.15, 0.2) is 0 Å². The van der Waals surface area contributed by atoms with Crippen molar-refractivity contribution in [1.82, 2.24) is 15.5 Å². The zero-order chi connectivity index (χ0) is 12.8. The van der Waals surface area contributed by atoms with E-state index in [1.807, 2.05) is 0 Å². The van der Waals surface area contributed by atoms with Gasteiger partial charge in [-0.15, -0.1) is 0 Å². The Hall–Kier alpha value is -0.120. The summed E-state index contributed by atoms with van der Waals surface area (Å²) in [5.74, 6) is 0.911. The SMILES string of the molecule is CCN1C2CCCCC2C2NC3CCCCC3NC21. The maximum absolute atomic E-state index is 4.08. The van der Waals surface area contributed by atoms with Crippen LogP contribution in [0.5, 0.6) is 0 Å². The molecule has 2 aliphatic carbocycles. The van der Waals surface area contributed by atoms with E-state index < -0.39 is 0 Å². The quantitative estimate of drug-likeness (QED) is 0.758. The Morgan fingerprint density at radius 2 is 1.58 bits per heavy atom. The van der Waals surface area contributed by atoms with Gasteiger partial charge in [-0.3, -0.25) is 10.2 Å². The lowest BCUT2D eigenvalue weighted by atomic mass is 9.80. The molecule has 108 valence electrons. The molecule has 2 aliphatic heterocycles. The van der Waals surface area contributed by atoms with Gasteiger partial charge in [-0.1, -0.05) is 32.6 Å². The summed E-state index contributed by atoms with van der Waals surface area (Å²) >= 11 is 0. The Labute approximate surface area is 117 Å². The van der Waals surface area contributed by atoms with Crippen LogP contribution in [-0.4, -0.2) is 41.8 Å². The molecule has 0 aromatic rings. The lowest BCUT2D eigenvalue weighted by Gasteiger charge is -2.46. The topological polar surface area (TPSA) is 27.3 Å². The molecule has 4 rings (SSSR count). The fourth-order valence-electron chi connectivity index (χ4n) is 5.46. The molecule has 4 aliphatic rings. The molecule has 0 amide bonds. The van der Waals surface area contributed by atoms with Crippen molar-refractivity contribution >= 4 is 0 Å². The third kappa shape index (κ3) is 1.97. The van der Waals surface area contributed by atoms with Crippen molar-refractivity contribution in [3.05, 3.63) is 0 Å². The molecule has 6 atom stereocenters.